The van der Waals surface area contributed by atoms with Crippen LogP contribution in [0.1, 0.15) is 5.56 Å². The molecule has 0 aliphatic rings. The van der Waals surface area contributed by atoms with E-state index >= 15 is 0 Å². The summed E-state index contributed by atoms with van der Waals surface area (Å²) in [6.07, 6.45) is 0. The fraction of sp³-hybridized carbons (Fsp3) is 0. The average molecular weight is 200 g/mol. The molecule has 0 aromatic heterocycles. The van der Waals surface area contributed by atoms with Crippen molar-refractivity contribution >= 4 is 15.9 Å². The van der Waals surface area contributed by atoms with Crippen molar-refractivity contribution in [2.24, 2.45) is 0 Å². The molecule has 0 aliphatic carbocycles. The predicted molar refractivity (Wildman–Crippen MR) is 42.5 cm³/mol. The summed E-state index contributed by atoms with van der Waals surface area (Å²) in [5, 5.41) is 8.44. The molecule has 52 valence electrons. The first-order chi connectivity index (χ1) is 4.34. The van der Waals surface area contributed by atoms with Crippen molar-refractivity contribution in [1.82, 2.24) is 0 Å². The van der Waals surface area contributed by atoms with Gasteiger partial charge in [0.25, 0.3) is 0 Å². The summed E-state index contributed by atoms with van der Waals surface area (Å²) in [7, 11) is 0. The lowest BCUT2D eigenvalue weighted by Crippen LogP contribution is -1.72. The van der Waals surface area contributed by atoms with Crippen LogP contribution in [-0.2, 0) is 0 Å². The van der Waals surface area contributed by atoms with Gasteiger partial charge in [0, 0.05) is 4.47 Å². The Labute approximate surface area is 67.5 Å². The summed E-state index contributed by atoms with van der Waals surface area (Å²) >= 11 is 3.23. The molecular formula is C7H6BrNO. The van der Waals surface area contributed by atoms with Crippen LogP contribution in [-0.4, -0.2) is 5.48 Å². The van der Waals surface area contributed by atoms with E-state index in [1.165, 1.54) is 0 Å². The van der Waals surface area contributed by atoms with Crippen LogP contribution >= 0.6 is 15.9 Å². The minimum absolute atomic E-state index is 0. The number of nitrogens with zero attached hydrogens (tertiary/aromatic N) is 1. The molecule has 0 spiro atoms. The lowest BCUT2D eigenvalue weighted by molar-refractivity contribution is 0.824. The van der Waals surface area contributed by atoms with Gasteiger partial charge in [0.15, 0.2) is 0 Å². The average Bonchev–Trinajstić information content (AvgIpc) is 1.89. The van der Waals surface area contributed by atoms with Gasteiger partial charge in [-0.3, -0.25) is 0 Å². The second-order valence-electron chi connectivity index (χ2n) is 1.59. The highest BCUT2D eigenvalue weighted by atomic mass is 79.9. The lowest BCUT2D eigenvalue weighted by atomic mass is 10.2. The maximum atomic E-state index is 8.44. The number of hydrogen-bond acceptors (Lipinski definition) is 1. The molecule has 0 heterocycles. The summed E-state index contributed by atoms with van der Waals surface area (Å²) in [5.74, 6) is 0. The summed E-state index contributed by atoms with van der Waals surface area (Å²) in [6.45, 7) is 0. The molecule has 0 saturated heterocycles. The van der Waals surface area contributed by atoms with Gasteiger partial charge < -0.3 is 5.48 Å². The van der Waals surface area contributed by atoms with E-state index in [0.717, 1.165) is 4.47 Å². The Morgan fingerprint density at radius 2 is 1.90 bits per heavy atom. The van der Waals surface area contributed by atoms with E-state index in [2.05, 4.69) is 15.9 Å². The molecule has 3 heteroatoms. The Morgan fingerprint density at radius 1 is 1.30 bits per heavy atom. The van der Waals surface area contributed by atoms with Crippen molar-refractivity contribution in [3.8, 4) is 6.07 Å². The SMILES string of the molecule is N#Cc1ccccc1Br.O. The van der Waals surface area contributed by atoms with Crippen LogP contribution < -0.4 is 0 Å². The number of halogens is 1. The second kappa shape index (κ2) is 4.04. The van der Waals surface area contributed by atoms with Gasteiger partial charge in [-0.15, -0.1) is 0 Å². The van der Waals surface area contributed by atoms with Crippen LogP contribution in [0.2, 0.25) is 0 Å². The summed E-state index contributed by atoms with van der Waals surface area (Å²) in [5.41, 5.74) is 0.678. The highest BCUT2D eigenvalue weighted by molar-refractivity contribution is 9.10. The largest absolute Gasteiger partial charge is 0.412 e. The molecule has 0 radical (unpaired) electrons. The van der Waals surface area contributed by atoms with Crippen molar-refractivity contribution in [2.75, 3.05) is 0 Å². The van der Waals surface area contributed by atoms with Crippen molar-refractivity contribution in [3.05, 3.63) is 34.3 Å². The van der Waals surface area contributed by atoms with Crippen molar-refractivity contribution in [3.63, 3.8) is 0 Å². The van der Waals surface area contributed by atoms with E-state index in [1.807, 2.05) is 24.3 Å². The number of nitriles is 1. The number of benzene rings is 1. The molecule has 1 rings (SSSR count). The van der Waals surface area contributed by atoms with Crippen LogP contribution in [0, 0.1) is 11.3 Å². The van der Waals surface area contributed by atoms with Gasteiger partial charge in [-0.25, -0.2) is 0 Å². The van der Waals surface area contributed by atoms with Gasteiger partial charge in [-0.05, 0) is 28.1 Å². The zero-order chi connectivity index (χ0) is 6.69. The summed E-state index contributed by atoms with van der Waals surface area (Å²) in [4.78, 5) is 0. The van der Waals surface area contributed by atoms with Gasteiger partial charge in [-0.2, -0.15) is 5.26 Å². The highest BCUT2D eigenvalue weighted by Crippen LogP contribution is 2.13. The first-order valence-electron chi connectivity index (χ1n) is 2.49. The maximum absolute atomic E-state index is 8.44. The van der Waals surface area contributed by atoms with Crippen molar-refractivity contribution in [2.45, 2.75) is 0 Å². The normalized spacial score (nSPS) is 7.60. The Kier molecular flexibility index (Phi) is 3.70. The van der Waals surface area contributed by atoms with Crippen LogP contribution in [0.15, 0.2) is 28.7 Å². The fourth-order valence-electron chi connectivity index (χ4n) is 0.552. The minimum atomic E-state index is 0. The Balaban J connectivity index is 0.000000810. The lowest BCUT2D eigenvalue weighted by Gasteiger charge is -1.88. The van der Waals surface area contributed by atoms with E-state index in [0.29, 0.717) is 5.56 Å². The monoisotopic (exact) mass is 199 g/mol. The van der Waals surface area contributed by atoms with Gasteiger partial charge in [0.05, 0.1) is 5.56 Å². The first-order valence-corrected chi connectivity index (χ1v) is 3.28. The number of hydrogen-bond donors (Lipinski definition) is 0. The fourth-order valence-corrected chi connectivity index (χ4v) is 0.925. The second-order valence-corrected chi connectivity index (χ2v) is 2.45. The summed E-state index contributed by atoms with van der Waals surface area (Å²) < 4.78 is 0.854. The van der Waals surface area contributed by atoms with E-state index in [9.17, 15) is 0 Å². The Morgan fingerprint density at radius 3 is 2.30 bits per heavy atom. The molecule has 2 N–H and O–H groups in total. The molecule has 0 amide bonds. The summed E-state index contributed by atoms with van der Waals surface area (Å²) in [6, 6.07) is 9.38. The molecule has 1 aromatic rings. The molecule has 0 bridgehead atoms. The van der Waals surface area contributed by atoms with Crippen LogP contribution in [0.25, 0.3) is 0 Å². The third-order valence-electron chi connectivity index (χ3n) is 0.994. The van der Waals surface area contributed by atoms with E-state index < -0.39 is 0 Å². The smallest absolute Gasteiger partial charge is 0.100 e. The minimum Gasteiger partial charge on any atom is -0.412 e. The molecule has 0 unspecified atom stereocenters. The molecule has 2 nitrogen and oxygen atoms in total. The Bertz CT molecular complexity index is 254. The molecule has 0 fully saturated rings. The van der Waals surface area contributed by atoms with Crippen molar-refractivity contribution < 1.29 is 5.48 Å². The molecule has 1 aromatic carbocycles. The molecule has 10 heavy (non-hydrogen) atoms. The van der Waals surface area contributed by atoms with Gasteiger partial charge in [0.1, 0.15) is 6.07 Å². The number of rotatable bonds is 0. The van der Waals surface area contributed by atoms with E-state index in [-0.39, 0.29) is 5.48 Å². The van der Waals surface area contributed by atoms with Gasteiger partial charge in [0.2, 0.25) is 0 Å². The zero-order valence-corrected chi connectivity index (χ0v) is 6.72. The van der Waals surface area contributed by atoms with Crippen LogP contribution in [0.4, 0.5) is 0 Å². The first kappa shape index (κ1) is 9.15. The predicted octanol–water partition coefficient (Wildman–Crippen LogP) is 1.50. The van der Waals surface area contributed by atoms with Gasteiger partial charge in [-0.1, -0.05) is 12.1 Å². The molecule has 0 saturated carbocycles. The topological polar surface area (TPSA) is 55.3 Å². The molecule has 0 aliphatic heterocycles. The highest BCUT2D eigenvalue weighted by Gasteiger charge is 1.92. The van der Waals surface area contributed by atoms with Crippen LogP contribution in [0.3, 0.4) is 0 Å². The Hall–Kier alpha value is -0.850. The molecular weight excluding hydrogens is 194 g/mol. The molecule has 0 atom stereocenters. The van der Waals surface area contributed by atoms with Crippen molar-refractivity contribution in [1.29, 1.82) is 5.26 Å². The third kappa shape index (κ3) is 1.83. The van der Waals surface area contributed by atoms with Gasteiger partial charge >= 0.3 is 0 Å². The van der Waals surface area contributed by atoms with E-state index in [1.54, 1.807) is 6.07 Å². The zero-order valence-electron chi connectivity index (χ0n) is 5.13. The standard InChI is InChI=1S/C7H4BrN.H2O/c8-7-4-2-1-3-6(7)5-9;/h1-4H;1H2. The van der Waals surface area contributed by atoms with E-state index in [4.69, 9.17) is 5.26 Å². The third-order valence-corrected chi connectivity index (χ3v) is 1.69. The van der Waals surface area contributed by atoms with Crippen LogP contribution in [0.5, 0.6) is 0 Å². The maximum Gasteiger partial charge on any atom is 0.100 e. The quantitative estimate of drug-likeness (QED) is 0.625.